The van der Waals surface area contributed by atoms with Gasteiger partial charge in [-0.25, -0.2) is 0 Å². The number of hydrogen-bond acceptors (Lipinski definition) is 1. The quantitative estimate of drug-likeness (QED) is 0.627. The van der Waals surface area contributed by atoms with Crippen molar-refractivity contribution in [2.24, 2.45) is 0 Å². The Labute approximate surface area is 121 Å². The fraction of sp³-hybridized carbons (Fsp3) is 1.00. The molecule has 1 heterocycles. The first-order valence-corrected chi connectivity index (χ1v) is 13.7. The molecule has 0 aromatic heterocycles. The third-order valence-corrected chi connectivity index (χ3v) is 12.2. The average Bonchev–Trinajstić information content (AvgIpc) is 2.41. The topological polar surface area (TPSA) is 3.24 Å². The van der Waals surface area contributed by atoms with E-state index in [0.717, 1.165) is 0 Å². The van der Waals surface area contributed by atoms with Crippen LogP contribution in [0.15, 0.2) is 0 Å². The van der Waals surface area contributed by atoms with Gasteiger partial charge in [0.05, 0.1) is 0 Å². The molecule has 1 aliphatic rings. The maximum absolute atomic E-state index is 2.74. The molecule has 2 heteroatoms. The molecule has 0 N–H and O–H groups in total. The van der Waals surface area contributed by atoms with E-state index < -0.39 is 16.2 Å². The molecule has 0 aromatic carbocycles. The molecule has 1 nitrogen and oxygen atoms in total. The zero-order valence-corrected chi connectivity index (χ0v) is 15.3. The predicted octanol–water partition coefficient (Wildman–Crippen LogP) is 4.96. The van der Waals surface area contributed by atoms with Crippen LogP contribution >= 0.6 is 0 Å². The summed E-state index contributed by atoms with van der Waals surface area (Å²) in [7, 11) is 0. The van der Waals surface area contributed by atoms with Crippen molar-refractivity contribution in [3.8, 4) is 0 Å². The Morgan fingerprint density at radius 2 is 1.44 bits per heavy atom. The summed E-state index contributed by atoms with van der Waals surface area (Å²) >= 11 is -0.809. The first kappa shape index (κ1) is 16.7. The van der Waals surface area contributed by atoms with Gasteiger partial charge in [0.25, 0.3) is 0 Å². The summed E-state index contributed by atoms with van der Waals surface area (Å²) < 4.78 is 0. The van der Waals surface area contributed by atoms with Crippen LogP contribution in [0.5, 0.6) is 0 Å². The molecule has 18 heavy (non-hydrogen) atoms. The Morgan fingerprint density at radius 1 is 0.833 bits per heavy atom. The van der Waals surface area contributed by atoms with Gasteiger partial charge in [-0.1, -0.05) is 0 Å². The molecule has 0 radical (unpaired) electrons. The SMILES string of the molecule is CCCCN1CCC[CH2][Ga]([CH2]CCC)[CH2]CCC1. The molecule has 0 atom stereocenters. The summed E-state index contributed by atoms with van der Waals surface area (Å²) in [6, 6.07) is 0. The fourth-order valence-corrected chi connectivity index (χ4v) is 10.7. The zero-order chi connectivity index (χ0) is 13.1. The van der Waals surface area contributed by atoms with Gasteiger partial charge in [-0.05, 0) is 0 Å². The van der Waals surface area contributed by atoms with E-state index >= 15 is 0 Å². The summed E-state index contributed by atoms with van der Waals surface area (Å²) in [5.41, 5.74) is 0. The van der Waals surface area contributed by atoms with Gasteiger partial charge >= 0.3 is 121 Å². The number of rotatable bonds is 6. The van der Waals surface area contributed by atoms with Crippen LogP contribution in [0, 0.1) is 0 Å². The summed E-state index contributed by atoms with van der Waals surface area (Å²) in [6.45, 7) is 8.81. The molecule has 1 rings (SSSR count). The maximum atomic E-state index is 2.74. The number of hydrogen-bond donors (Lipinski definition) is 0. The zero-order valence-electron chi connectivity index (χ0n) is 12.9. The molecule has 0 aliphatic carbocycles. The van der Waals surface area contributed by atoms with E-state index in [1.54, 1.807) is 27.8 Å². The van der Waals surface area contributed by atoms with Crippen molar-refractivity contribution in [2.75, 3.05) is 19.6 Å². The van der Waals surface area contributed by atoms with Crippen molar-refractivity contribution < 1.29 is 0 Å². The molecule has 1 aliphatic heterocycles. The molecular formula is C16H34GaN. The predicted molar refractivity (Wildman–Crippen MR) is 84.9 cm³/mol. The Kier molecular flexibility index (Phi) is 10.6. The van der Waals surface area contributed by atoms with Crippen molar-refractivity contribution in [3.05, 3.63) is 0 Å². The van der Waals surface area contributed by atoms with Gasteiger partial charge in [-0.3, -0.25) is 0 Å². The van der Waals surface area contributed by atoms with Crippen LogP contribution in [-0.4, -0.2) is 40.8 Å². The minimum atomic E-state index is -0.809. The fourth-order valence-electron chi connectivity index (χ4n) is 3.18. The third-order valence-electron chi connectivity index (χ3n) is 4.47. The third kappa shape index (κ3) is 7.91. The van der Waals surface area contributed by atoms with Crippen LogP contribution in [0.4, 0.5) is 0 Å². The van der Waals surface area contributed by atoms with Crippen molar-refractivity contribution in [1.29, 1.82) is 0 Å². The Bertz CT molecular complexity index is 152. The van der Waals surface area contributed by atoms with E-state index in [-0.39, 0.29) is 0 Å². The number of nitrogens with zero attached hydrogens (tertiary/aromatic N) is 1. The molecular weight excluding hydrogens is 276 g/mol. The summed E-state index contributed by atoms with van der Waals surface area (Å²) in [4.78, 5) is 7.80. The van der Waals surface area contributed by atoms with E-state index in [1.807, 2.05) is 0 Å². The minimum absolute atomic E-state index is 0.809. The van der Waals surface area contributed by atoms with Gasteiger partial charge in [-0.15, -0.1) is 0 Å². The van der Waals surface area contributed by atoms with Crippen molar-refractivity contribution in [1.82, 2.24) is 4.90 Å². The molecule has 0 spiro atoms. The summed E-state index contributed by atoms with van der Waals surface area (Å²) in [6.07, 6.45) is 11.8. The molecule has 0 bridgehead atoms. The van der Waals surface area contributed by atoms with E-state index in [9.17, 15) is 0 Å². The first-order valence-electron chi connectivity index (χ1n) is 8.59. The van der Waals surface area contributed by atoms with Crippen LogP contribution < -0.4 is 0 Å². The van der Waals surface area contributed by atoms with E-state index in [1.165, 1.54) is 58.2 Å². The molecule has 1 fully saturated rings. The molecule has 106 valence electrons. The second-order valence-electron chi connectivity index (χ2n) is 6.20. The van der Waals surface area contributed by atoms with Crippen molar-refractivity contribution >= 4 is 16.2 Å². The monoisotopic (exact) mass is 309 g/mol. The molecule has 0 saturated carbocycles. The summed E-state index contributed by atoms with van der Waals surface area (Å²) in [5, 5.41) is 0. The Morgan fingerprint density at radius 3 is 2.00 bits per heavy atom. The standard InChI is InChI=1S/C12H25N.C4H9.Ga/c1-4-7-10-13(11-8-5-2)12-9-6-3;1-3-4-2;/h1-2,4-12H2,3H3;1,3-4H2,2H3;. The normalized spacial score (nSPS) is 20.0. The van der Waals surface area contributed by atoms with Gasteiger partial charge < -0.3 is 0 Å². The Balaban J connectivity index is 2.22. The van der Waals surface area contributed by atoms with Gasteiger partial charge in [0.2, 0.25) is 0 Å². The van der Waals surface area contributed by atoms with Crippen molar-refractivity contribution in [3.63, 3.8) is 0 Å². The van der Waals surface area contributed by atoms with E-state index in [4.69, 9.17) is 0 Å². The van der Waals surface area contributed by atoms with Crippen LogP contribution in [0.1, 0.15) is 65.2 Å². The molecule has 0 aromatic rings. The van der Waals surface area contributed by atoms with Crippen LogP contribution in [0.3, 0.4) is 0 Å². The second-order valence-corrected chi connectivity index (χ2v) is 13.5. The van der Waals surface area contributed by atoms with Crippen LogP contribution in [0.25, 0.3) is 0 Å². The van der Waals surface area contributed by atoms with Crippen molar-refractivity contribution in [2.45, 2.75) is 80.1 Å². The van der Waals surface area contributed by atoms with Gasteiger partial charge in [0.15, 0.2) is 0 Å². The van der Waals surface area contributed by atoms with E-state index in [0.29, 0.717) is 0 Å². The number of unbranched alkanes of at least 4 members (excludes halogenated alkanes) is 2. The van der Waals surface area contributed by atoms with Gasteiger partial charge in [-0.2, -0.15) is 0 Å². The van der Waals surface area contributed by atoms with E-state index in [2.05, 4.69) is 18.7 Å². The van der Waals surface area contributed by atoms with Crippen LogP contribution in [-0.2, 0) is 0 Å². The van der Waals surface area contributed by atoms with Gasteiger partial charge in [0, 0.05) is 0 Å². The average molecular weight is 310 g/mol. The summed E-state index contributed by atoms with van der Waals surface area (Å²) in [5.74, 6) is 0. The van der Waals surface area contributed by atoms with Gasteiger partial charge in [0.1, 0.15) is 0 Å². The molecule has 0 amide bonds. The van der Waals surface area contributed by atoms with Crippen LogP contribution in [0.2, 0.25) is 14.9 Å². The molecule has 0 unspecified atom stereocenters. The molecule has 1 saturated heterocycles. The second kappa shape index (κ2) is 11.4. The first-order chi connectivity index (χ1) is 8.86. The Hall–Kier alpha value is 0.596.